The Bertz CT molecular complexity index is 533. The van der Waals surface area contributed by atoms with Gasteiger partial charge in [0.2, 0.25) is 0 Å². The first-order chi connectivity index (χ1) is 7.48. The number of rotatable bonds is 2. The van der Waals surface area contributed by atoms with Gasteiger partial charge in [0.1, 0.15) is 15.7 Å². The highest BCUT2D eigenvalue weighted by molar-refractivity contribution is 7.90. The number of amidine groups is 1. The standard InChI is InChI=1S/C9H13N3O2S2/c1-3-6(2)8-11-9-7(4-5-15-9)16(13,14)12(8)10/h4-6H,3,10H2,1-2H3. The number of hydrogen-bond donors (Lipinski definition) is 1. The largest absolute Gasteiger partial charge is 0.281 e. The Hall–Kier alpha value is -0.920. The van der Waals surface area contributed by atoms with Crippen LogP contribution >= 0.6 is 11.3 Å². The van der Waals surface area contributed by atoms with E-state index in [9.17, 15) is 8.42 Å². The van der Waals surface area contributed by atoms with Crippen molar-refractivity contribution in [1.82, 2.24) is 4.41 Å². The average molecular weight is 259 g/mol. The number of hydrogen-bond acceptors (Lipinski definition) is 5. The number of fused-ring (bicyclic) bond motifs is 1. The summed E-state index contributed by atoms with van der Waals surface area (Å²) < 4.78 is 24.8. The van der Waals surface area contributed by atoms with Crippen molar-refractivity contribution in [2.45, 2.75) is 25.2 Å². The number of hydrazine groups is 1. The second-order valence-electron chi connectivity index (χ2n) is 3.67. The van der Waals surface area contributed by atoms with Crippen LogP contribution in [0.25, 0.3) is 0 Å². The first-order valence-corrected chi connectivity index (χ1v) is 7.26. The Kier molecular flexibility index (Phi) is 2.77. The Morgan fingerprint density at radius 2 is 2.31 bits per heavy atom. The molecule has 7 heteroatoms. The molecule has 0 saturated heterocycles. The molecule has 2 N–H and O–H groups in total. The van der Waals surface area contributed by atoms with E-state index in [2.05, 4.69) is 4.99 Å². The fourth-order valence-corrected chi connectivity index (χ4v) is 3.85. The van der Waals surface area contributed by atoms with Gasteiger partial charge >= 0.3 is 0 Å². The normalized spacial score (nSPS) is 20.2. The molecule has 0 fully saturated rings. The van der Waals surface area contributed by atoms with E-state index in [1.807, 2.05) is 13.8 Å². The minimum atomic E-state index is -3.59. The van der Waals surface area contributed by atoms with E-state index in [1.54, 1.807) is 5.38 Å². The van der Waals surface area contributed by atoms with E-state index in [-0.39, 0.29) is 10.8 Å². The quantitative estimate of drug-likeness (QED) is 0.821. The molecule has 88 valence electrons. The Balaban J connectivity index is 2.60. The van der Waals surface area contributed by atoms with E-state index in [0.29, 0.717) is 10.8 Å². The van der Waals surface area contributed by atoms with Gasteiger partial charge in [0.15, 0.2) is 0 Å². The molecule has 16 heavy (non-hydrogen) atoms. The topological polar surface area (TPSA) is 75.8 Å². The van der Waals surface area contributed by atoms with Gasteiger partial charge in [-0.05, 0) is 17.9 Å². The van der Waals surface area contributed by atoms with Gasteiger partial charge < -0.3 is 0 Å². The molecule has 2 rings (SSSR count). The third-order valence-corrected chi connectivity index (χ3v) is 5.17. The van der Waals surface area contributed by atoms with Crippen molar-refractivity contribution >= 4 is 32.2 Å². The number of thiophene rings is 1. The molecule has 0 bridgehead atoms. The van der Waals surface area contributed by atoms with Crippen LogP contribution < -0.4 is 5.84 Å². The molecule has 1 aromatic rings. The van der Waals surface area contributed by atoms with Gasteiger partial charge in [-0.1, -0.05) is 13.8 Å². The van der Waals surface area contributed by atoms with Crippen LogP contribution in [-0.2, 0) is 10.0 Å². The van der Waals surface area contributed by atoms with Gasteiger partial charge in [-0.3, -0.25) is 0 Å². The lowest BCUT2D eigenvalue weighted by atomic mass is 10.1. The first kappa shape index (κ1) is 11.6. The zero-order chi connectivity index (χ0) is 11.9. The van der Waals surface area contributed by atoms with E-state index < -0.39 is 10.0 Å². The van der Waals surface area contributed by atoms with Gasteiger partial charge in [0.25, 0.3) is 10.0 Å². The molecule has 1 aliphatic rings. The smallest absolute Gasteiger partial charge is 0.232 e. The summed E-state index contributed by atoms with van der Waals surface area (Å²) in [6, 6.07) is 1.53. The number of nitrogens with zero attached hydrogens (tertiary/aromatic N) is 2. The van der Waals surface area contributed by atoms with Crippen LogP contribution in [0.1, 0.15) is 20.3 Å². The molecular weight excluding hydrogens is 246 g/mol. The molecule has 1 aromatic heterocycles. The molecule has 0 radical (unpaired) electrons. The molecule has 0 aromatic carbocycles. The molecule has 2 heterocycles. The third kappa shape index (κ3) is 1.55. The van der Waals surface area contributed by atoms with Gasteiger partial charge in [-0.15, -0.1) is 11.3 Å². The van der Waals surface area contributed by atoms with Gasteiger partial charge in [0, 0.05) is 5.92 Å². The van der Waals surface area contributed by atoms with Crippen LogP contribution in [0.5, 0.6) is 0 Å². The van der Waals surface area contributed by atoms with E-state index >= 15 is 0 Å². The molecule has 5 nitrogen and oxygen atoms in total. The van der Waals surface area contributed by atoms with Gasteiger partial charge in [-0.2, -0.15) is 12.8 Å². The lowest BCUT2D eigenvalue weighted by Crippen LogP contribution is -2.46. The lowest BCUT2D eigenvalue weighted by molar-refractivity contribution is 0.510. The summed E-state index contributed by atoms with van der Waals surface area (Å²) in [4.78, 5) is 4.51. The SMILES string of the molecule is CCC(C)C1=Nc2sccc2S(=O)(=O)N1N. The van der Waals surface area contributed by atoms with Crippen molar-refractivity contribution in [2.24, 2.45) is 16.8 Å². The molecule has 0 amide bonds. The number of sulfonamides is 1. The van der Waals surface area contributed by atoms with Crippen molar-refractivity contribution in [1.29, 1.82) is 0 Å². The van der Waals surface area contributed by atoms with Gasteiger partial charge in [0.05, 0.1) is 0 Å². The monoisotopic (exact) mass is 259 g/mol. The van der Waals surface area contributed by atoms with E-state index in [1.165, 1.54) is 17.4 Å². The lowest BCUT2D eigenvalue weighted by Gasteiger charge is -2.26. The van der Waals surface area contributed by atoms with Crippen LogP contribution in [0.4, 0.5) is 5.00 Å². The Morgan fingerprint density at radius 3 is 2.94 bits per heavy atom. The molecule has 0 saturated carbocycles. The maximum Gasteiger partial charge on any atom is 0.281 e. The maximum atomic E-state index is 12.0. The summed E-state index contributed by atoms with van der Waals surface area (Å²) in [6.07, 6.45) is 0.794. The third-order valence-electron chi connectivity index (χ3n) is 2.64. The van der Waals surface area contributed by atoms with Crippen LogP contribution in [0.15, 0.2) is 21.3 Å². The molecule has 1 unspecified atom stereocenters. The van der Waals surface area contributed by atoms with Crippen molar-refractivity contribution < 1.29 is 8.42 Å². The Labute approximate surface area is 98.6 Å². The number of aliphatic imine (C=N–C) groups is 1. The van der Waals surface area contributed by atoms with Crippen molar-refractivity contribution in [3.8, 4) is 0 Å². The van der Waals surface area contributed by atoms with Crippen LogP contribution in [0.3, 0.4) is 0 Å². The van der Waals surface area contributed by atoms with Crippen molar-refractivity contribution in [3.05, 3.63) is 11.4 Å². The highest BCUT2D eigenvalue weighted by Crippen LogP contribution is 2.36. The van der Waals surface area contributed by atoms with E-state index in [0.717, 1.165) is 10.8 Å². The molecule has 1 atom stereocenters. The fourth-order valence-electron chi connectivity index (χ4n) is 1.46. The Morgan fingerprint density at radius 1 is 1.62 bits per heavy atom. The van der Waals surface area contributed by atoms with Crippen molar-refractivity contribution in [3.63, 3.8) is 0 Å². The minimum absolute atomic E-state index is 0.0232. The zero-order valence-electron chi connectivity index (χ0n) is 9.04. The molecule has 0 aliphatic carbocycles. The highest BCUT2D eigenvalue weighted by atomic mass is 32.2. The van der Waals surface area contributed by atoms with Gasteiger partial charge in [-0.25, -0.2) is 10.8 Å². The van der Waals surface area contributed by atoms with Crippen LogP contribution in [-0.4, -0.2) is 18.7 Å². The first-order valence-electron chi connectivity index (χ1n) is 4.94. The number of nitrogens with two attached hydrogens (primary N) is 1. The van der Waals surface area contributed by atoms with E-state index in [4.69, 9.17) is 5.84 Å². The predicted molar refractivity (Wildman–Crippen MR) is 64.1 cm³/mol. The van der Waals surface area contributed by atoms with Crippen LogP contribution in [0, 0.1) is 5.92 Å². The summed E-state index contributed by atoms with van der Waals surface area (Å²) in [5.41, 5.74) is 0. The second-order valence-corrected chi connectivity index (χ2v) is 6.35. The molecular formula is C9H13N3O2S2. The highest BCUT2D eigenvalue weighted by Gasteiger charge is 2.34. The second kappa shape index (κ2) is 3.83. The zero-order valence-corrected chi connectivity index (χ0v) is 10.7. The minimum Gasteiger partial charge on any atom is -0.232 e. The predicted octanol–water partition coefficient (Wildman–Crippen LogP) is 1.70. The summed E-state index contributed by atoms with van der Waals surface area (Å²) in [5, 5.41) is 2.23. The average Bonchev–Trinajstić information content (AvgIpc) is 2.71. The summed E-state index contributed by atoms with van der Waals surface area (Å²) >= 11 is 1.31. The fraction of sp³-hybridized carbons (Fsp3) is 0.444. The molecule has 0 spiro atoms. The molecule has 1 aliphatic heterocycles. The van der Waals surface area contributed by atoms with Crippen LogP contribution in [0.2, 0.25) is 0 Å². The summed E-state index contributed by atoms with van der Waals surface area (Å²) in [5.74, 6) is 6.06. The summed E-state index contributed by atoms with van der Waals surface area (Å²) in [6.45, 7) is 3.88. The maximum absolute atomic E-state index is 12.0. The summed E-state index contributed by atoms with van der Waals surface area (Å²) in [7, 11) is -3.59. The van der Waals surface area contributed by atoms with Crippen molar-refractivity contribution in [2.75, 3.05) is 0 Å².